The van der Waals surface area contributed by atoms with E-state index < -0.39 is 11.9 Å². The fourth-order valence-corrected chi connectivity index (χ4v) is 1.82. The highest BCUT2D eigenvalue weighted by atomic mass is 35.5. The van der Waals surface area contributed by atoms with Crippen molar-refractivity contribution in [1.82, 2.24) is 4.98 Å². The number of hydrogen-bond donors (Lipinski definition) is 1. The van der Waals surface area contributed by atoms with Gasteiger partial charge in [-0.3, -0.25) is 4.98 Å². The summed E-state index contributed by atoms with van der Waals surface area (Å²) in [5, 5.41) is 10.2. The highest BCUT2D eigenvalue weighted by Gasteiger charge is 2.13. The zero-order valence-electron chi connectivity index (χ0n) is 10.3. The molecule has 19 heavy (non-hydrogen) atoms. The van der Waals surface area contributed by atoms with Gasteiger partial charge in [-0.05, 0) is 30.7 Å². The molecule has 5 heteroatoms. The number of nitrogens with zero attached hydrogens (tertiary/aromatic N) is 1. The van der Waals surface area contributed by atoms with Gasteiger partial charge in [0.05, 0.1) is 17.8 Å². The fraction of sp³-hybridized carbons (Fsp3) is 0.214. The predicted octanol–water partition coefficient (Wildman–Crippen LogP) is 3.35. The molecule has 1 aromatic heterocycles. The molecular formula is C14H13ClFNO2. The molecule has 0 fully saturated rings. The summed E-state index contributed by atoms with van der Waals surface area (Å²) in [5.41, 5.74) is 0.949. The maximum atomic E-state index is 13.4. The molecule has 0 saturated carbocycles. The lowest BCUT2D eigenvalue weighted by atomic mass is 10.0. The Labute approximate surface area is 115 Å². The van der Waals surface area contributed by atoms with Crippen LogP contribution in [0.1, 0.15) is 24.2 Å². The molecule has 0 saturated heterocycles. The van der Waals surface area contributed by atoms with Crippen LogP contribution < -0.4 is 4.74 Å². The average Bonchev–Trinajstić information content (AvgIpc) is 2.42. The Morgan fingerprint density at radius 1 is 1.32 bits per heavy atom. The molecule has 100 valence electrons. The van der Waals surface area contributed by atoms with Gasteiger partial charge in [0.15, 0.2) is 0 Å². The Morgan fingerprint density at radius 3 is 2.79 bits per heavy atom. The Balaban J connectivity index is 2.29. The molecule has 2 aromatic rings. The van der Waals surface area contributed by atoms with Crippen LogP contribution in [0.3, 0.4) is 0 Å². The molecule has 1 N–H and O–H groups in total. The third-order valence-electron chi connectivity index (χ3n) is 2.62. The van der Waals surface area contributed by atoms with E-state index in [4.69, 9.17) is 16.3 Å². The number of aliphatic hydroxyl groups excluding tert-OH is 1. The minimum Gasteiger partial charge on any atom is -0.492 e. The quantitative estimate of drug-likeness (QED) is 0.934. The summed E-state index contributed by atoms with van der Waals surface area (Å²) >= 11 is 5.61. The first-order valence-corrected chi connectivity index (χ1v) is 6.20. The van der Waals surface area contributed by atoms with Crippen molar-refractivity contribution in [2.75, 3.05) is 6.61 Å². The van der Waals surface area contributed by atoms with Gasteiger partial charge in [0.2, 0.25) is 0 Å². The molecule has 1 atom stereocenters. The number of halogens is 2. The van der Waals surface area contributed by atoms with E-state index in [0.29, 0.717) is 23.5 Å². The summed E-state index contributed by atoms with van der Waals surface area (Å²) in [4.78, 5) is 3.98. The minimum atomic E-state index is -0.973. The Bertz CT molecular complexity index is 577. The van der Waals surface area contributed by atoms with Crippen molar-refractivity contribution >= 4 is 11.6 Å². The summed E-state index contributed by atoms with van der Waals surface area (Å²) in [6.45, 7) is 2.37. The summed E-state index contributed by atoms with van der Waals surface area (Å²) < 4.78 is 18.7. The number of aliphatic hydroxyl groups is 1. The van der Waals surface area contributed by atoms with Gasteiger partial charge in [0, 0.05) is 11.8 Å². The first-order valence-electron chi connectivity index (χ1n) is 5.82. The molecule has 0 spiro atoms. The molecule has 3 nitrogen and oxygen atoms in total. The molecule has 0 aliphatic rings. The van der Waals surface area contributed by atoms with Gasteiger partial charge in [0.25, 0.3) is 0 Å². The van der Waals surface area contributed by atoms with E-state index in [0.717, 1.165) is 0 Å². The van der Waals surface area contributed by atoms with E-state index in [9.17, 15) is 9.50 Å². The molecule has 1 unspecified atom stereocenters. The third kappa shape index (κ3) is 3.22. The number of rotatable bonds is 4. The first kappa shape index (κ1) is 13.8. The normalized spacial score (nSPS) is 12.2. The first-order chi connectivity index (χ1) is 9.11. The van der Waals surface area contributed by atoms with Gasteiger partial charge in [0.1, 0.15) is 17.7 Å². The van der Waals surface area contributed by atoms with Gasteiger partial charge in [-0.1, -0.05) is 17.7 Å². The smallest absolute Gasteiger partial charge is 0.142 e. The second-order valence-electron chi connectivity index (χ2n) is 3.96. The van der Waals surface area contributed by atoms with E-state index in [1.54, 1.807) is 18.3 Å². The monoisotopic (exact) mass is 281 g/mol. The van der Waals surface area contributed by atoms with Crippen molar-refractivity contribution in [3.8, 4) is 5.75 Å². The Morgan fingerprint density at radius 2 is 2.11 bits per heavy atom. The molecule has 1 heterocycles. The third-order valence-corrected chi connectivity index (χ3v) is 2.93. The maximum absolute atomic E-state index is 13.4. The number of benzene rings is 1. The maximum Gasteiger partial charge on any atom is 0.142 e. The van der Waals surface area contributed by atoms with Crippen LogP contribution >= 0.6 is 11.6 Å². The number of pyridine rings is 1. The standard InChI is InChI=1S/C14H13ClFNO2/c1-2-19-11-5-10(7-17-8-11)14(18)9-3-4-12(15)13(16)6-9/h3-8,14,18H,2H2,1H3. The van der Waals surface area contributed by atoms with Crippen LogP contribution in [0.2, 0.25) is 5.02 Å². The largest absolute Gasteiger partial charge is 0.492 e. The van der Waals surface area contributed by atoms with Crippen LogP contribution in [-0.4, -0.2) is 16.7 Å². The van der Waals surface area contributed by atoms with Crippen molar-refractivity contribution in [1.29, 1.82) is 0 Å². The lowest BCUT2D eigenvalue weighted by molar-refractivity contribution is 0.218. The molecular weight excluding hydrogens is 269 g/mol. The van der Waals surface area contributed by atoms with E-state index in [-0.39, 0.29) is 5.02 Å². The molecule has 0 aliphatic carbocycles. The van der Waals surface area contributed by atoms with E-state index in [1.165, 1.54) is 18.3 Å². The van der Waals surface area contributed by atoms with Gasteiger partial charge in [-0.15, -0.1) is 0 Å². The molecule has 2 rings (SSSR count). The fourth-order valence-electron chi connectivity index (χ4n) is 1.71. The molecule has 1 aromatic carbocycles. The van der Waals surface area contributed by atoms with Crippen LogP contribution in [0.4, 0.5) is 4.39 Å². The molecule has 0 amide bonds. The predicted molar refractivity (Wildman–Crippen MR) is 70.9 cm³/mol. The zero-order chi connectivity index (χ0) is 13.8. The lowest BCUT2D eigenvalue weighted by Crippen LogP contribution is -2.02. The molecule has 0 aliphatic heterocycles. The van der Waals surface area contributed by atoms with Gasteiger partial charge < -0.3 is 9.84 Å². The second-order valence-corrected chi connectivity index (χ2v) is 4.37. The van der Waals surface area contributed by atoms with Gasteiger partial charge in [-0.2, -0.15) is 0 Å². The van der Waals surface area contributed by atoms with Crippen molar-refractivity contribution < 1.29 is 14.2 Å². The zero-order valence-corrected chi connectivity index (χ0v) is 11.1. The average molecular weight is 282 g/mol. The molecule has 0 bridgehead atoms. The van der Waals surface area contributed by atoms with Crippen molar-refractivity contribution in [3.05, 3.63) is 58.6 Å². The Kier molecular flexibility index (Phi) is 4.35. The summed E-state index contributed by atoms with van der Waals surface area (Å²) in [6, 6.07) is 5.87. The van der Waals surface area contributed by atoms with E-state index >= 15 is 0 Å². The van der Waals surface area contributed by atoms with Crippen LogP contribution in [0.5, 0.6) is 5.75 Å². The van der Waals surface area contributed by atoms with Crippen molar-refractivity contribution in [2.45, 2.75) is 13.0 Å². The summed E-state index contributed by atoms with van der Waals surface area (Å²) in [5.74, 6) is 0.000578. The SMILES string of the molecule is CCOc1cncc(C(O)c2ccc(Cl)c(F)c2)c1. The minimum absolute atomic E-state index is 0.0251. The van der Waals surface area contributed by atoms with Crippen LogP contribution in [-0.2, 0) is 0 Å². The number of ether oxygens (including phenoxy) is 1. The Hall–Kier alpha value is -1.65. The highest BCUT2D eigenvalue weighted by molar-refractivity contribution is 6.30. The van der Waals surface area contributed by atoms with Gasteiger partial charge in [-0.25, -0.2) is 4.39 Å². The van der Waals surface area contributed by atoms with Crippen LogP contribution in [0, 0.1) is 5.82 Å². The summed E-state index contributed by atoms with van der Waals surface area (Å²) in [7, 11) is 0. The second kappa shape index (κ2) is 5.99. The van der Waals surface area contributed by atoms with Crippen molar-refractivity contribution in [2.24, 2.45) is 0 Å². The van der Waals surface area contributed by atoms with E-state index in [1.807, 2.05) is 6.92 Å². The van der Waals surface area contributed by atoms with E-state index in [2.05, 4.69) is 4.98 Å². The lowest BCUT2D eigenvalue weighted by Gasteiger charge is -2.12. The highest BCUT2D eigenvalue weighted by Crippen LogP contribution is 2.26. The summed E-state index contributed by atoms with van der Waals surface area (Å²) in [6.07, 6.45) is 2.10. The van der Waals surface area contributed by atoms with Crippen molar-refractivity contribution in [3.63, 3.8) is 0 Å². The van der Waals surface area contributed by atoms with Crippen LogP contribution in [0.15, 0.2) is 36.7 Å². The van der Waals surface area contributed by atoms with Gasteiger partial charge >= 0.3 is 0 Å². The number of aromatic nitrogens is 1. The number of hydrogen-bond acceptors (Lipinski definition) is 3. The molecule has 0 radical (unpaired) electrons. The van der Waals surface area contributed by atoms with Crippen LogP contribution in [0.25, 0.3) is 0 Å². The topological polar surface area (TPSA) is 42.4 Å².